The molecule has 0 fully saturated rings. The topological polar surface area (TPSA) is 66.5 Å². The van der Waals surface area contributed by atoms with E-state index in [9.17, 15) is 17.6 Å². The third kappa shape index (κ3) is 3.86. The summed E-state index contributed by atoms with van der Waals surface area (Å²) in [6.07, 6.45) is 1.63. The highest BCUT2D eigenvalue weighted by Crippen LogP contribution is 2.32. The van der Waals surface area contributed by atoms with E-state index < -0.39 is 20.7 Å². The van der Waals surface area contributed by atoms with Gasteiger partial charge in [0.1, 0.15) is 10.7 Å². The lowest BCUT2D eigenvalue weighted by atomic mass is 10.00. The molecule has 0 aliphatic carbocycles. The van der Waals surface area contributed by atoms with Crippen LogP contribution in [0.4, 0.5) is 15.8 Å². The van der Waals surface area contributed by atoms with Crippen molar-refractivity contribution in [1.82, 2.24) is 0 Å². The number of hydrogen-bond donors (Lipinski definition) is 1. The maximum atomic E-state index is 13.9. The van der Waals surface area contributed by atoms with Gasteiger partial charge in [-0.25, -0.2) is 12.8 Å². The molecule has 3 aromatic carbocycles. The van der Waals surface area contributed by atoms with Crippen LogP contribution in [0, 0.1) is 5.82 Å². The fourth-order valence-corrected chi connectivity index (χ4v) is 4.59. The summed E-state index contributed by atoms with van der Waals surface area (Å²) >= 11 is 0. The van der Waals surface area contributed by atoms with Crippen molar-refractivity contribution in [2.75, 3.05) is 16.2 Å². The number of benzene rings is 3. The summed E-state index contributed by atoms with van der Waals surface area (Å²) in [6, 6.07) is 19.2. The van der Waals surface area contributed by atoms with Crippen LogP contribution >= 0.6 is 0 Å². The molecule has 7 heteroatoms. The maximum Gasteiger partial charge on any atom is 0.264 e. The van der Waals surface area contributed by atoms with E-state index in [4.69, 9.17) is 0 Å². The number of carbonyl (C=O) groups excluding carboxylic acids is 1. The molecule has 1 amide bonds. The SMILES string of the molecule is O=C(c1ccccc1)N1CCCc2ccc(NS(=O)(=O)c3ccccc3F)cc21. The highest BCUT2D eigenvalue weighted by atomic mass is 32.2. The predicted molar refractivity (Wildman–Crippen MR) is 110 cm³/mol. The molecule has 1 N–H and O–H groups in total. The van der Waals surface area contributed by atoms with Gasteiger partial charge in [0.05, 0.1) is 5.69 Å². The molecular weight excluding hydrogens is 391 g/mol. The molecular formula is C22H19FN2O3S. The van der Waals surface area contributed by atoms with Crippen LogP contribution in [0.2, 0.25) is 0 Å². The molecule has 1 aliphatic heterocycles. The van der Waals surface area contributed by atoms with Gasteiger partial charge in [-0.05, 0) is 54.8 Å². The Balaban J connectivity index is 1.67. The number of aryl methyl sites for hydroxylation is 1. The molecule has 0 saturated heterocycles. The molecule has 1 aliphatic rings. The van der Waals surface area contributed by atoms with Crippen LogP contribution in [0.5, 0.6) is 0 Å². The molecule has 3 aromatic rings. The van der Waals surface area contributed by atoms with E-state index >= 15 is 0 Å². The van der Waals surface area contributed by atoms with Gasteiger partial charge in [0.2, 0.25) is 0 Å². The first kappa shape index (κ1) is 19.1. The van der Waals surface area contributed by atoms with Crippen LogP contribution < -0.4 is 9.62 Å². The van der Waals surface area contributed by atoms with Crippen molar-refractivity contribution in [3.63, 3.8) is 0 Å². The first-order valence-corrected chi connectivity index (χ1v) is 10.7. The van der Waals surface area contributed by atoms with Crippen molar-refractivity contribution < 1.29 is 17.6 Å². The van der Waals surface area contributed by atoms with Gasteiger partial charge in [-0.2, -0.15) is 0 Å². The maximum absolute atomic E-state index is 13.9. The third-order valence-electron chi connectivity index (χ3n) is 4.85. The largest absolute Gasteiger partial charge is 0.308 e. The number of amides is 1. The predicted octanol–water partition coefficient (Wildman–Crippen LogP) is 4.22. The van der Waals surface area contributed by atoms with Crippen LogP contribution in [-0.4, -0.2) is 20.9 Å². The minimum absolute atomic E-state index is 0.138. The van der Waals surface area contributed by atoms with Gasteiger partial charge >= 0.3 is 0 Å². The van der Waals surface area contributed by atoms with Gasteiger partial charge in [0, 0.05) is 17.8 Å². The quantitative estimate of drug-likeness (QED) is 0.700. The summed E-state index contributed by atoms with van der Waals surface area (Å²) < 4.78 is 41.6. The molecule has 4 rings (SSSR count). The lowest BCUT2D eigenvalue weighted by molar-refractivity contribution is 0.0985. The average molecular weight is 410 g/mol. The zero-order chi connectivity index (χ0) is 20.4. The molecule has 1 heterocycles. The molecule has 0 atom stereocenters. The highest BCUT2D eigenvalue weighted by Gasteiger charge is 2.25. The van der Waals surface area contributed by atoms with Crippen molar-refractivity contribution in [1.29, 1.82) is 0 Å². The summed E-state index contributed by atoms with van der Waals surface area (Å²) in [5.74, 6) is -0.959. The second kappa shape index (κ2) is 7.67. The molecule has 0 unspecified atom stereocenters. The molecule has 0 saturated carbocycles. The van der Waals surface area contributed by atoms with E-state index in [-0.39, 0.29) is 11.6 Å². The molecule has 148 valence electrons. The molecule has 29 heavy (non-hydrogen) atoms. The van der Waals surface area contributed by atoms with Crippen molar-refractivity contribution in [2.45, 2.75) is 17.7 Å². The Morgan fingerprint density at radius 2 is 1.69 bits per heavy atom. The molecule has 0 spiro atoms. The van der Waals surface area contributed by atoms with Crippen molar-refractivity contribution in [3.05, 3.63) is 89.7 Å². The van der Waals surface area contributed by atoms with Gasteiger partial charge in [0.25, 0.3) is 15.9 Å². The Morgan fingerprint density at radius 1 is 0.966 bits per heavy atom. The zero-order valence-electron chi connectivity index (χ0n) is 15.5. The van der Waals surface area contributed by atoms with Crippen LogP contribution in [0.25, 0.3) is 0 Å². The lowest BCUT2D eigenvalue weighted by Gasteiger charge is -2.30. The number of fused-ring (bicyclic) bond motifs is 1. The van der Waals surface area contributed by atoms with E-state index in [0.717, 1.165) is 24.5 Å². The molecule has 0 bridgehead atoms. The van der Waals surface area contributed by atoms with Gasteiger partial charge in [-0.3, -0.25) is 9.52 Å². The summed E-state index contributed by atoms with van der Waals surface area (Å²) in [6.45, 7) is 0.546. The Bertz CT molecular complexity index is 1160. The van der Waals surface area contributed by atoms with Crippen molar-refractivity contribution >= 4 is 27.3 Å². The molecule has 0 aromatic heterocycles. The first-order chi connectivity index (χ1) is 14.0. The Kier molecular flexibility index (Phi) is 5.07. The smallest absolute Gasteiger partial charge is 0.264 e. The zero-order valence-corrected chi connectivity index (χ0v) is 16.3. The monoisotopic (exact) mass is 410 g/mol. The third-order valence-corrected chi connectivity index (χ3v) is 6.26. The number of rotatable bonds is 4. The standard InChI is InChI=1S/C22H19FN2O3S/c23-19-10-4-5-11-21(19)29(27,28)24-18-13-12-16-9-6-14-25(20(16)15-18)22(26)17-7-2-1-3-8-17/h1-5,7-8,10-13,15,24H,6,9,14H2. The minimum Gasteiger partial charge on any atom is -0.308 e. The molecule has 0 radical (unpaired) electrons. The molecule has 5 nitrogen and oxygen atoms in total. The van der Waals surface area contributed by atoms with Crippen LogP contribution in [0.3, 0.4) is 0 Å². The van der Waals surface area contributed by atoms with Gasteiger partial charge in [-0.15, -0.1) is 0 Å². The van der Waals surface area contributed by atoms with Crippen LogP contribution in [0.1, 0.15) is 22.3 Å². The number of anilines is 2. The van der Waals surface area contributed by atoms with E-state index in [1.165, 1.54) is 18.2 Å². The van der Waals surface area contributed by atoms with Gasteiger partial charge in [-0.1, -0.05) is 36.4 Å². The van der Waals surface area contributed by atoms with Crippen molar-refractivity contribution in [3.8, 4) is 0 Å². The second-order valence-corrected chi connectivity index (χ2v) is 8.46. The summed E-state index contributed by atoms with van der Waals surface area (Å²) in [5, 5.41) is 0. The number of nitrogens with one attached hydrogen (secondary N) is 1. The van der Waals surface area contributed by atoms with E-state index in [1.807, 2.05) is 6.07 Å². The lowest BCUT2D eigenvalue weighted by Crippen LogP contribution is -2.35. The summed E-state index contributed by atoms with van der Waals surface area (Å²) in [5.41, 5.74) is 2.48. The number of halogens is 1. The van der Waals surface area contributed by atoms with Crippen LogP contribution in [0.15, 0.2) is 77.7 Å². The van der Waals surface area contributed by atoms with E-state index in [1.54, 1.807) is 47.4 Å². The second-order valence-electron chi connectivity index (χ2n) is 6.81. The van der Waals surface area contributed by atoms with E-state index in [0.29, 0.717) is 17.8 Å². The van der Waals surface area contributed by atoms with Crippen molar-refractivity contribution in [2.24, 2.45) is 0 Å². The number of hydrogen-bond acceptors (Lipinski definition) is 3. The number of carbonyl (C=O) groups is 1. The number of nitrogens with zero attached hydrogens (tertiary/aromatic N) is 1. The average Bonchev–Trinajstić information content (AvgIpc) is 2.73. The fourth-order valence-electron chi connectivity index (χ4n) is 3.46. The Hall–Kier alpha value is -3.19. The fraction of sp³-hybridized carbons (Fsp3) is 0.136. The number of sulfonamides is 1. The van der Waals surface area contributed by atoms with Crippen LogP contribution in [-0.2, 0) is 16.4 Å². The Morgan fingerprint density at radius 3 is 2.45 bits per heavy atom. The Labute approximate surface area is 168 Å². The first-order valence-electron chi connectivity index (χ1n) is 9.23. The summed E-state index contributed by atoms with van der Waals surface area (Å²) in [4.78, 5) is 14.2. The highest BCUT2D eigenvalue weighted by molar-refractivity contribution is 7.92. The van der Waals surface area contributed by atoms with Gasteiger partial charge < -0.3 is 4.90 Å². The van der Waals surface area contributed by atoms with Gasteiger partial charge in [0.15, 0.2) is 0 Å². The normalized spacial score (nSPS) is 13.6. The summed E-state index contributed by atoms with van der Waals surface area (Å²) in [7, 11) is -4.09. The minimum atomic E-state index is -4.09. The van der Waals surface area contributed by atoms with E-state index in [2.05, 4.69) is 4.72 Å².